The lowest BCUT2D eigenvalue weighted by Crippen LogP contribution is -2.10. The van der Waals surface area contributed by atoms with Crippen LogP contribution in [0.4, 0.5) is 0 Å². The number of rotatable bonds is 7. The summed E-state index contributed by atoms with van der Waals surface area (Å²) in [5.41, 5.74) is 4.14. The fourth-order valence-corrected chi connectivity index (χ4v) is 3.11. The molecule has 0 saturated carbocycles. The van der Waals surface area contributed by atoms with Crippen molar-refractivity contribution < 1.29 is 14.3 Å². The van der Waals surface area contributed by atoms with Crippen molar-refractivity contribution in [2.75, 3.05) is 0 Å². The minimum atomic E-state index is -0.376. The molecule has 0 spiro atoms. The van der Waals surface area contributed by atoms with Gasteiger partial charge in [0.25, 0.3) is 0 Å². The van der Waals surface area contributed by atoms with Crippen LogP contribution >= 0.6 is 11.6 Å². The van der Waals surface area contributed by atoms with Crippen LogP contribution in [0.1, 0.15) is 43.0 Å². The SMILES string of the molecule is CC(C)(C)c1ccc(COC(=O)/C=C/c2ccc(OCc3ccccc3Cl)cc2)cc1. The maximum absolute atomic E-state index is 12.0. The van der Waals surface area contributed by atoms with Gasteiger partial charge in [-0.1, -0.05) is 87.0 Å². The van der Waals surface area contributed by atoms with Crippen molar-refractivity contribution in [1.82, 2.24) is 0 Å². The summed E-state index contributed by atoms with van der Waals surface area (Å²) in [6, 6.07) is 23.2. The van der Waals surface area contributed by atoms with E-state index in [1.807, 2.05) is 60.7 Å². The van der Waals surface area contributed by atoms with Crippen molar-refractivity contribution in [2.45, 2.75) is 39.4 Å². The standard InChI is InChI=1S/C27H27ClO3/c1-27(2,3)23-13-8-21(9-14-23)18-31-26(29)17-12-20-10-15-24(16-11-20)30-19-22-6-4-5-7-25(22)28/h4-17H,18-19H2,1-3H3/b17-12+. The van der Waals surface area contributed by atoms with Crippen LogP contribution in [0.15, 0.2) is 78.9 Å². The molecule has 31 heavy (non-hydrogen) atoms. The Morgan fingerprint density at radius 1 is 0.903 bits per heavy atom. The van der Waals surface area contributed by atoms with Gasteiger partial charge in [0.2, 0.25) is 0 Å². The van der Waals surface area contributed by atoms with Gasteiger partial charge in [0.15, 0.2) is 0 Å². The Labute approximate surface area is 189 Å². The monoisotopic (exact) mass is 434 g/mol. The highest BCUT2D eigenvalue weighted by Gasteiger charge is 2.12. The molecule has 0 unspecified atom stereocenters. The van der Waals surface area contributed by atoms with Gasteiger partial charge in [-0.05, 0) is 46.4 Å². The Morgan fingerprint density at radius 2 is 1.58 bits per heavy atom. The van der Waals surface area contributed by atoms with Crippen molar-refractivity contribution in [3.05, 3.63) is 106 Å². The van der Waals surface area contributed by atoms with E-state index in [1.54, 1.807) is 6.08 Å². The summed E-state index contributed by atoms with van der Waals surface area (Å²) in [5, 5.41) is 0.686. The van der Waals surface area contributed by atoms with Crippen molar-refractivity contribution in [2.24, 2.45) is 0 Å². The van der Waals surface area contributed by atoms with Gasteiger partial charge in [-0.25, -0.2) is 4.79 Å². The van der Waals surface area contributed by atoms with Crippen molar-refractivity contribution >= 4 is 23.6 Å². The summed E-state index contributed by atoms with van der Waals surface area (Å²) < 4.78 is 11.1. The van der Waals surface area contributed by atoms with Crippen molar-refractivity contribution in [1.29, 1.82) is 0 Å². The van der Waals surface area contributed by atoms with Crippen LogP contribution in [0.3, 0.4) is 0 Å². The second-order valence-electron chi connectivity index (χ2n) is 8.34. The number of benzene rings is 3. The average Bonchev–Trinajstić information content (AvgIpc) is 2.76. The Kier molecular flexibility index (Phi) is 7.54. The summed E-state index contributed by atoms with van der Waals surface area (Å²) in [7, 11) is 0. The molecule has 0 radical (unpaired) electrons. The van der Waals surface area contributed by atoms with Crippen LogP contribution in [0.25, 0.3) is 6.08 Å². The van der Waals surface area contributed by atoms with Crippen LogP contribution < -0.4 is 4.74 Å². The van der Waals surface area contributed by atoms with Crippen LogP contribution in [0, 0.1) is 0 Å². The zero-order chi connectivity index (χ0) is 22.3. The van der Waals surface area contributed by atoms with Crippen LogP contribution in [-0.2, 0) is 28.2 Å². The molecule has 3 aromatic rings. The average molecular weight is 435 g/mol. The number of hydrogen-bond donors (Lipinski definition) is 0. The lowest BCUT2D eigenvalue weighted by atomic mass is 9.87. The first-order chi connectivity index (χ1) is 14.8. The van der Waals surface area contributed by atoms with Crippen molar-refractivity contribution in [3.63, 3.8) is 0 Å². The van der Waals surface area contributed by atoms with E-state index in [-0.39, 0.29) is 18.0 Å². The van der Waals surface area contributed by atoms with Gasteiger partial charge in [0, 0.05) is 16.7 Å². The summed E-state index contributed by atoms with van der Waals surface area (Å²) >= 11 is 6.14. The topological polar surface area (TPSA) is 35.5 Å². The Morgan fingerprint density at radius 3 is 2.23 bits per heavy atom. The molecular weight excluding hydrogens is 408 g/mol. The largest absolute Gasteiger partial charge is 0.489 e. The third-order valence-corrected chi connectivity index (χ3v) is 5.21. The van der Waals surface area contributed by atoms with E-state index in [9.17, 15) is 4.79 Å². The Bertz CT molecular complexity index is 1030. The Hall–Kier alpha value is -3.04. The zero-order valence-electron chi connectivity index (χ0n) is 18.1. The minimum Gasteiger partial charge on any atom is -0.489 e. The predicted octanol–water partition coefficient (Wildman–Crippen LogP) is 6.97. The number of carbonyl (C=O) groups is 1. The molecule has 0 aliphatic carbocycles. The minimum absolute atomic E-state index is 0.104. The molecule has 0 heterocycles. The van der Waals surface area contributed by atoms with E-state index >= 15 is 0 Å². The molecule has 3 rings (SSSR count). The van der Waals surface area contributed by atoms with Crippen LogP contribution in [-0.4, -0.2) is 5.97 Å². The van der Waals surface area contributed by atoms with Gasteiger partial charge in [-0.3, -0.25) is 0 Å². The lowest BCUT2D eigenvalue weighted by Gasteiger charge is -2.19. The third-order valence-electron chi connectivity index (χ3n) is 4.85. The highest BCUT2D eigenvalue weighted by atomic mass is 35.5. The highest BCUT2D eigenvalue weighted by molar-refractivity contribution is 6.31. The van der Waals surface area contributed by atoms with E-state index in [1.165, 1.54) is 11.6 Å². The molecule has 3 nitrogen and oxygen atoms in total. The second kappa shape index (κ2) is 10.3. The third kappa shape index (κ3) is 7.01. The molecule has 0 aliphatic rings. The molecule has 4 heteroatoms. The summed E-state index contributed by atoms with van der Waals surface area (Å²) in [6.45, 7) is 7.17. The van der Waals surface area contributed by atoms with E-state index in [2.05, 4.69) is 32.9 Å². The fourth-order valence-electron chi connectivity index (χ4n) is 2.92. The number of carbonyl (C=O) groups excluding carboxylic acids is 1. The van der Waals surface area contributed by atoms with Crippen LogP contribution in [0.2, 0.25) is 5.02 Å². The van der Waals surface area contributed by atoms with E-state index in [0.29, 0.717) is 11.6 Å². The van der Waals surface area contributed by atoms with Gasteiger partial charge in [0.05, 0.1) is 0 Å². The maximum atomic E-state index is 12.0. The molecule has 0 atom stereocenters. The normalized spacial score (nSPS) is 11.5. The summed E-state index contributed by atoms with van der Waals surface area (Å²) in [5.74, 6) is 0.359. The quantitative estimate of drug-likeness (QED) is 0.297. The Balaban J connectivity index is 1.47. The second-order valence-corrected chi connectivity index (χ2v) is 8.74. The van der Waals surface area contributed by atoms with Crippen LogP contribution in [0.5, 0.6) is 5.75 Å². The molecule has 0 N–H and O–H groups in total. The summed E-state index contributed by atoms with van der Waals surface area (Å²) in [4.78, 5) is 12.0. The first-order valence-electron chi connectivity index (χ1n) is 10.2. The van der Waals surface area contributed by atoms with Crippen molar-refractivity contribution in [3.8, 4) is 5.75 Å². The molecule has 0 aromatic heterocycles. The number of halogens is 1. The maximum Gasteiger partial charge on any atom is 0.331 e. The first-order valence-corrected chi connectivity index (χ1v) is 10.6. The van der Waals surface area contributed by atoms with Gasteiger partial charge < -0.3 is 9.47 Å². The van der Waals surface area contributed by atoms with Gasteiger partial charge >= 0.3 is 5.97 Å². The predicted molar refractivity (Wildman–Crippen MR) is 126 cm³/mol. The highest BCUT2D eigenvalue weighted by Crippen LogP contribution is 2.22. The first kappa shape index (κ1) is 22.6. The van der Waals surface area contributed by atoms with E-state index in [0.717, 1.165) is 22.4 Å². The molecule has 0 fully saturated rings. The number of esters is 1. The van der Waals surface area contributed by atoms with Gasteiger partial charge in [-0.15, -0.1) is 0 Å². The molecule has 0 bridgehead atoms. The molecule has 160 valence electrons. The van der Waals surface area contributed by atoms with Gasteiger partial charge in [-0.2, -0.15) is 0 Å². The molecule has 0 aliphatic heterocycles. The molecular formula is C27H27ClO3. The molecule has 0 amide bonds. The number of ether oxygens (including phenoxy) is 2. The van der Waals surface area contributed by atoms with Gasteiger partial charge in [0.1, 0.15) is 19.0 Å². The number of hydrogen-bond acceptors (Lipinski definition) is 3. The van der Waals surface area contributed by atoms with E-state index < -0.39 is 0 Å². The zero-order valence-corrected chi connectivity index (χ0v) is 18.9. The van der Waals surface area contributed by atoms with E-state index in [4.69, 9.17) is 21.1 Å². The molecule has 3 aromatic carbocycles. The molecule has 0 saturated heterocycles. The summed E-state index contributed by atoms with van der Waals surface area (Å²) in [6.07, 6.45) is 3.16. The fraction of sp³-hybridized carbons (Fsp3) is 0.222. The smallest absolute Gasteiger partial charge is 0.331 e. The lowest BCUT2D eigenvalue weighted by molar-refractivity contribution is -0.138.